The lowest BCUT2D eigenvalue weighted by molar-refractivity contribution is -0.143. The van der Waals surface area contributed by atoms with Crippen LogP contribution in [0.4, 0.5) is 0 Å². The maximum Gasteiger partial charge on any atom is 0.328 e. The summed E-state index contributed by atoms with van der Waals surface area (Å²) in [4.78, 5) is 160. The minimum Gasteiger partial charge on any atom is -0.481 e. The fourth-order valence-corrected chi connectivity index (χ4v) is 6.45. The van der Waals surface area contributed by atoms with Crippen LogP contribution in [0.2, 0.25) is 0 Å². The number of H-pyrrole nitrogens is 1. The number of nitrogens with zero attached hydrogens (tertiary/aromatic N) is 1. The van der Waals surface area contributed by atoms with Gasteiger partial charge in [-0.1, -0.05) is 13.8 Å². The number of aliphatic hydroxyl groups is 3. The number of aromatic nitrogens is 2. The van der Waals surface area contributed by atoms with E-state index in [1.807, 2.05) is 5.32 Å². The van der Waals surface area contributed by atoms with Gasteiger partial charge in [0.15, 0.2) is 0 Å². The van der Waals surface area contributed by atoms with Crippen LogP contribution in [0.5, 0.6) is 0 Å². The number of rotatable bonds is 36. The molecule has 0 fully saturated rings. The van der Waals surface area contributed by atoms with Crippen molar-refractivity contribution in [1.82, 2.24) is 57.8 Å². The SMILES string of the molecule is CC(C)C[C@H](N)C(=O)N[C@@H](CO)C(=O)N[C@@H](CCC(=O)O)C(=O)NCC(=O)N[C@@H](CO)C(=O)N[C@@H](CCC(N)=O)C(=O)N[C@@H](CCCCN)C(=O)N[C@@H](Cc1cnc[nH]1)C(=O)N[C@@H](C)C(=O)N[C@@H](CO)C(=O)O. The first-order valence-electron chi connectivity index (χ1n) is 23.1. The van der Waals surface area contributed by atoms with Crippen LogP contribution in [0.1, 0.15) is 77.8 Å². The largest absolute Gasteiger partial charge is 0.481 e. The van der Waals surface area contributed by atoms with Crippen molar-refractivity contribution in [1.29, 1.82) is 0 Å². The standard InChI is InChI=1S/C42H70N14O17/c1-20(2)12-23(44)35(65)55-29(17-58)41(71)52-25(8-10-33(62)63)36(66)47-15-32(61)50-28(16-57)40(70)53-26(7-9-31(45)60)38(68)51-24(6-4-5-11-43)37(67)54-27(13-22-14-46-19-48-22)39(69)49-21(3)34(64)56-30(18-59)42(72)73/h14,19-21,23-30,57-59H,4-13,15-18,43-44H2,1-3H3,(H2,45,60)(H,46,48)(H,47,66)(H,49,69)(H,50,61)(H,51,68)(H,52,71)(H,53,70)(H,54,67)(H,55,65)(H,56,64)(H,62,63)(H,72,73)/t21-,23-,24-,25-,26-,27-,28-,29-,30-/m0/s1. The lowest BCUT2D eigenvalue weighted by Crippen LogP contribution is -2.60. The molecule has 0 unspecified atom stereocenters. The topological polar surface area (TPSA) is 521 Å². The Hall–Kier alpha value is -7.35. The van der Waals surface area contributed by atoms with Crippen LogP contribution in [0, 0.1) is 5.92 Å². The molecule has 0 aliphatic rings. The molecule has 10 amide bonds. The highest BCUT2D eigenvalue weighted by Gasteiger charge is 2.34. The van der Waals surface area contributed by atoms with Crippen molar-refractivity contribution < 1.29 is 83.1 Å². The highest BCUT2D eigenvalue weighted by atomic mass is 16.4. The number of carbonyl (C=O) groups is 12. The Kier molecular flexibility index (Phi) is 29.1. The quantitative estimate of drug-likeness (QED) is 0.0278. The first-order valence-corrected chi connectivity index (χ1v) is 23.1. The summed E-state index contributed by atoms with van der Waals surface area (Å²) in [6, 6.07) is -13.8. The third kappa shape index (κ3) is 24.6. The molecule has 0 saturated heterocycles. The van der Waals surface area contributed by atoms with Gasteiger partial charge in [-0.25, -0.2) is 9.78 Å². The number of aliphatic carboxylic acids is 2. The van der Waals surface area contributed by atoms with Gasteiger partial charge in [-0.3, -0.25) is 52.7 Å². The summed E-state index contributed by atoms with van der Waals surface area (Å²) in [6.07, 6.45) is 0.910. The van der Waals surface area contributed by atoms with Crippen molar-refractivity contribution in [3.05, 3.63) is 18.2 Å². The van der Waals surface area contributed by atoms with Gasteiger partial charge in [-0.05, 0) is 57.9 Å². The molecule has 0 spiro atoms. The number of hydrogen-bond donors (Lipinski definition) is 18. The molecule has 0 aromatic carbocycles. The highest BCUT2D eigenvalue weighted by molar-refractivity contribution is 5.98. The Labute approximate surface area is 418 Å². The molecular formula is C42H70N14O17. The lowest BCUT2D eigenvalue weighted by atomic mass is 10.0. The van der Waals surface area contributed by atoms with E-state index in [2.05, 4.69) is 52.5 Å². The second-order valence-corrected chi connectivity index (χ2v) is 17.1. The molecule has 73 heavy (non-hydrogen) atoms. The number of aromatic amines is 1. The van der Waals surface area contributed by atoms with Crippen molar-refractivity contribution >= 4 is 71.0 Å². The van der Waals surface area contributed by atoms with Crippen LogP contribution in [-0.2, 0) is 64.0 Å². The number of hydrogen-bond acceptors (Lipinski definition) is 18. The Morgan fingerprint density at radius 3 is 1.56 bits per heavy atom. The van der Waals surface area contributed by atoms with E-state index in [4.69, 9.17) is 17.2 Å². The molecular weight excluding hydrogens is 973 g/mol. The summed E-state index contributed by atoms with van der Waals surface area (Å²) in [5.74, 6) is -13.1. The van der Waals surface area contributed by atoms with Crippen molar-refractivity contribution in [3.8, 4) is 0 Å². The maximum absolute atomic E-state index is 13.9. The maximum atomic E-state index is 13.9. The Balaban J connectivity index is 3.23. The van der Waals surface area contributed by atoms with E-state index in [9.17, 15) is 83.1 Å². The summed E-state index contributed by atoms with van der Waals surface area (Å²) < 4.78 is 0. The summed E-state index contributed by atoms with van der Waals surface area (Å²) in [6.45, 7) is 1.04. The van der Waals surface area contributed by atoms with Crippen molar-refractivity contribution in [2.24, 2.45) is 23.1 Å². The zero-order valence-corrected chi connectivity index (χ0v) is 40.6. The van der Waals surface area contributed by atoms with Crippen LogP contribution in [0.25, 0.3) is 0 Å². The van der Waals surface area contributed by atoms with Gasteiger partial charge < -0.3 is 95.6 Å². The second kappa shape index (κ2) is 33.3. The summed E-state index contributed by atoms with van der Waals surface area (Å²) in [7, 11) is 0. The van der Waals surface area contributed by atoms with Crippen LogP contribution in [-0.4, -0.2) is 194 Å². The smallest absolute Gasteiger partial charge is 0.328 e. The molecule has 1 aromatic rings. The summed E-state index contributed by atoms with van der Waals surface area (Å²) in [5.41, 5.74) is 17.1. The number of carboxylic acid groups (broad SMARTS) is 2. The predicted octanol–water partition coefficient (Wildman–Crippen LogP) is -8.34. The van der Waals surface area contributed by atoms with Gasteiger partial charge in [-0.2, -0.15) is 0 Å². The van der Waals surface area contributed by atoms with Gasteiger partial charge in [0.1, 0.15) is 48.3 Å². The van der Waals surface area contributed by atoms with Gasteiger partial charge in [0, 0.05) is 31.2 Å². The molecule has 1 aromatic heterocycles. The van der Waals surface area contributed by atoms with Crippen LogP contribution in [0.3, 0.4) is 0 Å². The number of nitrogens with one attached hydrogen (secondary N) is 10. The van der Waals surface area contributed by atoms with E-state index >= 15 is 0 Å². The minimum absolute atomic E-state index is 0.00447. The second-order valence-electron chi connectivity index (χ2n) is 17.1. The van der Waals surface area contributed by atoms with E-state index in [0.29, 0.717) is 12.1 Å². The molecule has 1 rings (SSSR count). The predicted molar refractivity (Wildman–Crippen MR) is 251 cm³/mol. The van der Waals surface area contributed by atoms with E-state index in [-0.39, 0.29) is 38.1 Å². The molecule has 410 valence electrons. The molecule has 0 bridgehead atoms. The first kappa shape index (κ1) is 63.7. The van der Waals surface area contributed by atoms with E-state index in [0.717, 1.165) is 0 Å². The molecule has 0 radical (unpaired) electrons. The number of aliphatic hydroxyl groups excluding tert-OH is 3. The lowest BCUT2D eigenvalue weighted by Gasteiger charge is -2.27. The number of nitrogens with two attached hydrogens (primary N) is 3. The zero-order valence-electron chi connectivity index (χ0n) is 40.6. The Morgan fingerprint density at radius 1 is 0.589 bits per heavy atom. The molecule has 31 heteroatoms. The molecule has 9 atom stereocenters. The minimum atomic E-state index is -1.83. The monoisotopic (exact) mass is 1040 g/mol. The van der Waals surface area contributed by atoms with E-state index in [1.165, 1.54) is 19.4 Å². The number of primary amides is 1. The van der Waals surface area contributed by atoms with E-state index < -0.39 is 177 Å². The Bertz CT molecular complexity index is 2040. The van der Waals surface area contributed by atoms with Crippen LogP contribution >= 0.6 is 0 Å². The van der Waals surface area contributed by atoms with Gasteiger partial charge >= 0.3 is 11.9 Å². The fraction of sp³-hybridized carbons (Fsp3) is 0.643. The van der Waals surface area contributed by atoms with Gasteiger partial charge in [0.25, 0.3) is 0 Å². The van der Waals surface area contributed by atoms with Gasteiger partial charge in [0.05, 0.1) is 38.7 Å². The number of carboxylic acids is 2. The Morgan fingerprint density at radius 2 is 1.07 bits per heavy atom. The van der Waals surface area contributed by atoms with Gasteiger partial charge in [-0.15, -0.1) is 0 Å². The first-order chi connectivity index (χ1) is 34.4. The molecule has 0 aliphatic heterocycles. The van der Waals surface area contributed by atoms with Crippen molar-refractivity contribution in [2.75, 3.05) is 32.9 Å². The molecule has 0 saturated carbocycles. The third-order valence-corrected chi connectivity index (χ3v) is 10.5. The normalized spacial score (nSPS) is 14.7. The number of amides is 10. The number of carbonyl (C=O) groups excluding carboxylic acids is 10. The van der Waals surface area contributed by atoms with Gasteiger partial charge in [0.2, 0.25) is 59.1 Å². The average molecular weight is 1040 g/mol. The fourth-order valence-electron chi connectivity index (χ4n) is 6.45. The third-order valence-electron chi connectivity index (χ3n) is 10.5. The van der Waals surface area contributed by atoms with Crippen LogP contribution in [0.15, 0.2) is 12.5 Å². The van der Waals surface area contributed by atoms with Crippen molar-refractivity contribution in [3.63, 3.8) is 0 Å². The molecule has 31 nitrogen and oxygen atoms in total. The number of imidazole rings is 1. The summed E-state index contributed by atoms with van der Waals surface area (Å²) >= 11 is 0. The number of unbranched alkanes of at least 4 members (excludes halogenated alkanes) is 1. The average Bonchev–Trinajstić information content (AvgIpc) is 3.85. The highest BCUT2D eigenvalue weighted by Crippen LogP contribution is 2.08. The van der Waals surface area contributed by atoms with E-state index in [1.54, 1.807) is 13.8 Å². The summed E-state index contributed by atoms with van der Waals surface area (Å²) in [5, 5.41) is 67.9. The van der Waals surface area contributed by atoms with Crippen molar-refractivity contribution in [2.45, 2.75) is 133 Å². The molecule has 0 aliphatic carbocycles. The molecule has 21 N–H and O–H groups in total. The van der Waals surface area contributed by atoms with Crippen LogP contribution < -0.4 is 65.1 Å². The molecule has 1 heterocycles. The zero-order chi connectivity index (χ0) is 55.4.